The summed E-state index contributed by atoms with van der Waals surface area (Å²) in [4.78, 5) is 41.4. The minimum absolute atomic E-state index is 0.00710. The highest BCUT2D eigenvalue weighted by Gasteiger charge is 2.35. The van der Waals surface area contributed by atoms with Crippen molar-refractivity contribution in [3.05, 3.63) is 108 Å². The van der Waals surface area contributed by atoms with Crippen LogP contribution in [0.5, 0.6) is 0 Å². The van der Waals surface area contributed by atoms with Crippen molar-refractivity contribution in [3.63, 3.8) is 0 Å². The number of nitrogens with zero attached hydrogens (tertiary/aromatic N) is 1. The zero-order valence-corrected chi connectivity index (χ0v) is 23.1. The number of carbonyl (C=O) groups excluding carboxylic acids is 3. The van der Waals surface area contributed by atoms with E-state index >= 15 is 0 Å². The molecule has 2 atom stereocenters. The standard InChI is InChI=1S/C32H38N4O4/c1-32(2,33)31(39)35-27(22-40-21-23-12-6-3-7-13-23)30(38)36-19-18-26(20-36)34-29(37)28(24-14-8-4-9-15-24)25-16-10-5-11-17-25/h3-17,26-28H,18-22,33H2,1-2H3,(H,34,37)(H,35,39). The number of ether oxygens (including phenoxy) is 1. The molecule has 0 aromatic heterocycles. The molecule has 1 saturated heterocycles. The predicted octanol–water partition coefficient (Wildman–Crippen LogP) is 2.97. The second kappa shape index (κ2) is 13.4. The fourth-order valence-electron chi connectivity index (χ4n) is 4.76. The third-order valence-electron chi connectivity index (χ3n) is 6.96. The third-order valence-corrected chi connectivity index (χ3v) is 6.96. The number of hydrogen-bond acceptors (Lipinski definition) is 5. The quantitative estimate of drug-likeness (QED) is 0.345. The first-order valence-corrected chi connectivity index (χ1v) is 13.6. The SMILES string of the molecule is CC(C)(N)C(=O)NC(COCc1ccccc1)C(=O)N1CCC(NC(=O)C(c2ccccc2)c2ccccc2)C1. The van der Waals surface area contributed by atoms with E-state index in [1.165, 1.54) is 0 Å². The molecule has 0 spiro atoms. The highest BCUT2D eigenvalue weighted by Crippen LogP contribution is 2.25. The Morgan fingerprint density at radius 3 is 2.02 bits per heavy atom. The number of benzene rings is 3. The molecular weight excluding hydrogens is 504 g/mol. The highest BCUT2D eigenvalue weighted by atomic mass is 16.5. The van der Waals surface area contributed by atoms with Crippen LogP contribution in [0, 0.1) is 0 Å². The van der Waals surface area contributed by atoms with Crippen LogP contribution in [0.4, 0.5) is 0 Å². The van der Waals surface area contributed by atoms with Gasteiger partial charge in [-0.1, -0.05) is 91.0 Å². The Morgan fingerprint density at radius 1 is 0.925 bits per heavy atom. The Hall–Kier alpha value is -4.01. The Bertz CT molecular complexity index is 1220. The number of carbonyl (C=O) groups is 3. The van der Waals surface area contributed by atoms with E-state index in [2.05, 4.69) is 10.6 Å². The van der Waals surface area contributed by atoms with Crippen molar-refractivity contribution in [2.75, 3.05) is 19.7 Å². The Kier molecular flexibility index (Phi) is 9.69. The molecule has 210 valence electrons. The van der Waals surface area contributed by atoms with Crippen LogP contribution in [0.1, 0.15) is 42.9 Å². The average Bonchev–Trinajstić information content (AvgIpc) is 3.42. The second-order valence-corrected chi connectivity index (χ2v) is 10.8. The van der Waals surface area contributed by atoms with Crippen molar-refractivity contribution in [1.82, 2.24) is 15.5 Å². The minimum atomic E-state index is -1.15. The van der Waals surface area contributed by atoms with Crippen molar-refractivity contribution in [2.45, 2.75) is 50.4 Å². The lowest BCUT2D eigenvalue weighted by atomic mass is 9.90. The molecule has 4 rings (SSSR count). The molecule has 0 bridgehead atoms. The molecule has 40 heavy (non-hydrogen) atoms. The average molecular weight is 543 g/mol. The van der Waals surface area contributed by atoms with Gasteiger partial charge in [0.15, 0.2) is 0 Å². The fraction of sp³-hybridized carbons (Fsp3) is 0.344. The van der Waals surface area contributed by atoms with E-state index in [1.54, 1.807) is 18.7 Å². The minimum Gasteiger partial charge on any atom is -0.374 e. The molecule has 2 unspecified atom stereocenters. The molecule has 0 radical (unpaired) electrons. The summed E-state index contributed by atoms with van der Waals surface area (Å²) in [5, 5.41) is 5.93. The molecule has 3 aromatic carbocycles. The number of hydrogen-bond donors (Lipinski definition) is 3. The monoisotopic (exact) mass is 542 g/mol. The van der Waals surface area contributed by atoms with Crippen LogP contribution in [0.2, 0.25) is 0 Å². The van der Waals surface area contributed by atoms with E-state index in [0.717, 1.165) is 16.7 Å². The molecule has 4 N–H and O–H groups in total. The number of likely N-dealkylation sites (tertiary alicyclic amines) is 1. The van der Waals surface area contributed by atoms with Crippen LogP contribution in [-0.2, 0) is 25.7 Å². The molecule has 8 nitrogen and oxygen atoms in total. The molecule has 3 aromatic rings. The van der Waals surface area contributed by atoms with Gasteiger partial charge in [0, 0.05) is 19.1 Å². The maximum atomic E-state index is 13.5. The molecule has 1 fully saturated rings. The molecule has 1 heterocycles. The second-order valence-electron chi connectivity index (χ2n) is 10.8. The van der Waals surface area contributed by atoms with E-state index in [4.69, 9.17) is 10.5 Å². The van der Waals surface area contributed by atoms with Crippen molar-refractivity contribution in [3.8, 4) is 0 Å². The largest absolute Gasteiger partial charge is 0.374 e. The summed E-state index contributed by atoms with van der Waals surface area (Å²) >= 11 is 0. The van der Waals surface area contributed by atoms with Gasteiger partial charge >= 0.3 is 0 Å². The molecule has 0 saturated carbocycles. The van der Waals surface area contributed by atoms with Gasteiger partial charge in [0.1, 0.15) is 6.04 Å². The smallest absolute Gasteiger partial charge is 0.247 e. The lowest BCUT2D eigenvalue weighted by Gasteiger charge is -2.27. The normalized spacial score (nSPS) is 16.0. The molecular formula is C32H38N4O4. The van der Waals surface area contributed by atoms with Crippen LogP contribution < -0.4 is 16.4 Å². The Labute approximate surface area is 235 Å². The third kappa shape index (κ3) is 7.77. The van der Waals surface area contributed by atoms with Gasteiger partial charge in [-0.2, -0.15) is 0 Å². The van der Waals surface area contributed by atoms with E-state index in [0.29, 0.717) is 26.1 Å². The summed E-state index contributed by atoms with van der Waals surface area (Å²) in [5.41, 5.74) is 7.60. The number of amides is 3. The maximum absolute atomic E-state index is 13.5. The molecule has 0 aliphatic carbocycles. The molecule has 8 heteroatoms. The number of nitrogens with one attached hydrogen (secondary N) is 2. The van der Waals surface area contributed by atoms with Gasteiger partial charge in [-0.3, -0.25) is 14.4 Å². The first-order chi connectivity index (χ1) is 19.2. The molecule has 1 aliphatic heterocycles. The lowest BCUT2D eigenvalue weighted by Crippen LogP contribution is -2.57. The van der Waals surface area contributed by atoms with Gasteiger partial charge in [-0.05, 0) is 37.0 Å². The zero-order valence-electron chi connectivity index (χ0n) is 23.1. The van der Waals surface area contributed by atoms with Crippen molar-refractivity contribution in [2.24, 2.45) is 5.73 Å². The maximum Gasteiger partial charge on any atom is 0.247 e. The van der Waals surface area contributed by atoms with E-state index in [9.17, 15) is 14.4 Å². The highest BCUT2D eigenvalue weighted by molar-refractivity contribution is 5.92. The van der Waals surface area contributed by atoms with Gasteiger partial charge in [-0.15, -0.1) is 0 Å². The van der Waals surface area contributed by atoms with Crippen LogP contribution >= 0.6 is 0 Å². The lowest BCUT2D eigenvalue weighted by molar-refractivity contribution is -0.138. The molecule has 1 aliphatic rings. The van der Waals surface area contributed by atoms with Crippen LogP contribution in [0.3, 0.4) is 0 Å². The van der Waals surface area contributed by atoms with Crippen LogP contribution in [0.25, 0.3) is 0 Å². The Morgan fingerprint density at radius 2 is 1.48 bits per heavy atom. The van der Waals surface area contributed by atoms with Gasteiger partial charge in [0.25, 0.3) is 0 Å². The number of nitrogens with two attached hydrogens (primary N) is 1. The van der Waals surface area contributed by atoms with Crippen molar-refractivity contribution < 1.29 is 19.1 Å². The summed E-state index contributed by atoms with van der Waals surface area (Å²) in [6, 6.07) is 27.8. The van der Waals surface area contributed by atoms with E-state index in [1.807, 2.05) is 91.0 Å². The zero-order chi connectivity index (χ0) is 28.5. The van der Waals surface area contributed by atoms with Gasteiger partial charge < -0.3 is 26.0 Å². The first-order valence-electron chi connectivity index (χ1n) is 13.6. The van der Waals surface area contributed by atoms with Gasteiger partial charge in [-0.25, -0.2) is 0 Å². The molecule has 3 amide bonds. The summed E-state index contributed by atoms with van der Waals surface area (Å²) in [7, 11) is 0. The van der Waals surface area contributed by atoms with E-state index in [-0.39, 0.29) is 24.5 Å². The Balaban J connectivity index is 1.41. The van der Waals surface area contributed by atoms with E-state index < -0.39 is 23.4 Å². The van der Waals surface area contributed by atoms with Crippen LogP contribution in [0.15, 0.2) is 91.0 Å². The van der Waals surface area contributed by atoms with Gasteiger partial charge in [0.2, 0.25) is 17.7 Å². The van der Waals surface area contributed by atoms with Crippen molar-refractivity contribution >= 4 is 17.7 Å². The van der Waals surface area contributed by atoms with Crippen molar-refractivity contribution in [1.29, 1.82) is 0 Å². The topological polar surface area (TPSA) is 114 Å². The summed E-state index contributed by atoms with van der Waals surface area (Å²) in [5.74, 6) is -1.27. The fourth-order valence-corrected chi connectivity index (χ4v) is 4.76. The summed E-state index contributed by atoms with van der Waals surface area (Å²) in [6.07, 6.45) is 0.613. The van der Waals surface area contributed by atoms with Crippen LogP contribution in [-0.4, -0.2) is 59.9 Å². The van der Waals surface area contributed by atoms with Gasteiger partial charge in [0.05, 0.1) is 24.7 Å². The summed E-state index contributed by atoms with van der Waals surface area (Å²) < 4.78 is 5.82. The summed E-state index contributed by atoms with van der Waals surface area (Å²) in [6.45, 7) is 4.30. The predicted molar refractivity (Wildman–Crippen MR) is 154 cm³/mol. The number of rotatable bonds is 11. The first kappa shape index (κ1) is 29.0.